The van der Waals surface area contributed by atoms with E-state index < -0.39 is 0 Å². The van der Waals surface area contributed by atoms with Gasteiger partial charge in [0.25, 0.3) is 0 Å². The van der Waals surface area contributed by atoms with Crippen molar-refractivity contribution in [3.05, 3.63) is 52.1 Å². The zero-order chi connectivity index (χ0) is 20.1. The minimum atomic E-state index is -0.377. The molecular weight excluding hydrogens is 424 g/mol. The molecule has 1 N–H and O–H groups in total. The van der Waals surface area contributed by atoms with Crippen molar-refractivity contribution in [1.82, 2.24) is 9.88 Å². The van der Waals surface area contributed by atoms with Crippen molar-refractivity contribution in [2.75, 3.05) is 50.1 Å². The van der Waals surface area contributed by atoms with Gasteiger partial charge in [-0.1, -0.05) is 15.9 Å². The molecule has 0 spiro atoms. The smallest absolute Gasteiger partial charge is 0.339 e. The van der Waals surface area contributed by atoms with Crippen molar-refractivity contribution in [2.45, 2.75) is 6.92 Å². The summed E-state index contributed by atoms with van der Waals surface area (Å²) in [6, 6.07) is 11.1. The molecule has 0 atom stereocenters. The van der Waals surface area contributed by atoms with Gasteiger partial charge in [0.2, 0.25) is 5.91 Å². The fraction of sp³-hybridized carbons (Fsp3) is 0.350. The highest BCUT2D eigenvalue weighted by Gasteiger charge is 2.21. The van der Waals surface area contributed by atoms with Crippen LogP contribution in [0, 0.1) is 6.92 Å². The fourth-order valence-corrected chi connectivity index (χ4v) is 3.39. The van der Waals surface area contributed by atoms with Crippen LogP contribution in [0.4, 0.5) is 11.5 Å². The molecule has 2 heterocycles. The molecule has 0 unspecified atom stereocenters. The van der Waals surface area contributed by atoms with Gasteiger partial charge >= 0.3 is 5.97 Å². The highest BCUT2D eigenvalue weighted by atomic mass is 79.9. The number of esters is 1. The standard InChI is InChI=1S/C20H23BrN4O3/c1-14-17(20(27)28-2)7-8-18(22-14)25-11-9-24(10-12-25)13-19(26)23-16-5-3-15(21)4-6-16/h3-8H,9-13H2,1-2H3,(H,23,26). The molecule has 0 aliphatic carbocycles. The Hall–Kier alpha value is -2.45. The molecule has 148 valence electrons. The topological polar surface area (TPSA) is 74.8 Å². The molecule has 1 aliphatic heterocycles. The molecule has 3 rings (SSSR count). The second-order valence-electron chi connectivity index (χ2n) is 6.61. The first-order valence-corrected chi connectivity index (χ1v) is 9.84. The summed E-state index contributed by atoms with van der Waals surface area (Å²) in [7, 11) is 1.36. The molecular formula is C20H23BrN4O3. The summed E-state index contributed by atoms with van der Waals surface area (Å²) in [5.41, 5.74) is 1.92. The first-order valence-electron chi connectivity index (χ1n) is 9.05. The molecule has 7 nitrogen and oxygen atoms in total. The van der Waals surface area contributed by atoms with E-state index in [9.17, 15) is 9.59 Å². The van der Waals surface area contributed by atoms with Crippen molar-refractivity contribution in [1.29, 1.82) is 0 Å². The molecule has 28 heavy (non-hydrogen) atoms. The van der Waals surface area contributed by atoms with Crippen LogP contribution in [0.3, 0.4) is 0 Å². The van der Waals surface area contributed by atoms with Gasteiger partial charge in [-0.3, -0.25) is 9.69 Å². The lowest BCUT2D eigenvalue weighted by Gasteiger charge is -2.35. The van der Waals surface area contributed by atoms with Crippen LogP contribution in [0.2, 0.25) is 0 Å². The number of amides is 1. The van der Waals surface area contributed by atoms with Crippen molar-refractivity contribution in [2.24, 2.45) is 0 Å². The van der Waals surface area contributed by atoms with Gasteiger partial charge in [0.15, 0.2) is 0 Å². The van der Waals surface area contributed by atoms with Crippen LogP contribution in [-0.2, 0) is 9.53 Å². The summed E-state index contributed by atoms with van der Waals surface area (Å²) in [5, 5.41) is 2.92. The van der Waals surface area contributed by atoms with Gasteiger partial charge in [0, 0.05) is 36.3 Å². The number of aryl methyl sites for hydroxylation is 1. The largest absolute Gasteiger partial charge is 0.465 e. The molecule has 2 aromatic rings. The van der Waals surface area contributed by atoms with Gasteiger partial charge in [-0.05, 0) is 43.3 Å². The van der Waals surface area contributed by atoms with E-state index in [1.54, 1.807) is 13.0 Å². The predicted octanol–water partition coefficient (Wildman–Crippen LogP) is 2.70. The number of nitrogens with zero attached hydrogens (tertiary/aromatic N) is 3. The number of ether oxygens (including phenoxy) is 1. The third kappa shape index (κ3) is 5.08. The minimum Gasteiger partial charge on any atom is -0.465 e. The van der Waals surface area contributed by atoms with Crippen LogP contribution in [0.1, 0.15) is 16.1 Å². The average Bonchev–Trinajstić information content (AvgIpc) is 2.69. The minimum absolute atomic E-state index is 0.0211. The second-order valence-corrected chi connectivity index (χ2v) is 7.53. The number of hydrogen-bond donors (Lipinski definition) is 1. The zero-order valence-electron chi connectivity index (χ0n) is 15.9. The third-order valence-electron chi connectivity index (χ3n) is 4.67. The van der Waals surface area contributed by atoms with Crippen molar-refractivity contribution < 1.29 is 14.3 Å². The summed E-state index contributed by atoms with van der Waals surface area (Å²) in [6.07, 6.45) is 0. The fourth-order valence-electron chi connectivity index (χ4n) is 3.12. The Morgan fingerprint density at radius 2 is 1.79 bits per heavy atom. The molecule has 0 radical (unpaired) electrons. The van der Waals surface area contributed by atoms with E-state index in [1.807, 2.05) is 30.3 Å². The average molecular weight is 447 g/mol. The van der Waals surface area contributed by atoms with Gasteiger partial charge in [0.05, 0.1) is 24.9 Å². The Bertz CT molecular complexity index is 849. The molecule has 1 fully saturated rings. The summed E-state index contributed by atoms with van der Waals surface area (Å²) in [5.74, 6) is 0.439. The van der Waals surface area contributed by atoms with Crippen LogP contribution in [0.25, 0.3) is 0 Å². The molecule has 1 aromatic carbocycles. The number of nitrogens with one attached hydrogen (secondary N) is 1. The monoisotopic (exact) mass is 446 g/mol. The maximum absolute atomic E-state index is 12.3. The lowest BCUT2D eigenvalue weighted by atomic mass is 10.2. The van der Waals surface area contributed by atoms with Crippen LogP contribution in [0.5, 0.6) is 0 Å². The Morgan fingerprint density at radius 1 is 1.11 bits per heavy atom. The van der Waals surface area contributed by atoms with Crippen molar-refractivity contribution in [3.8, 4) is 0 Å². The van der Waals surface area contributed by atoms with E-state index in [2.05, 4.69) is 36.0 Å². The van der Waals surface area contributed by atoms with E-state index in [1.165, 1.54) is 7.11 Å². The molecule has 1 saturated heterocycles. The summed E-state index contributed by atoms with van der Waals surface area (Å²) >= 11 is 3.38. The SMILES string of the molecule is COC(=O)c1ccc(N2CCN(CC(=O)Nc3ccc(Br)cc3)CC2)nc1C. The first-order chi connectivity index (χ1) is 13.5. The number of hydrogen-bond acceptors (Lipinski definition) is 6. The predicted molar refractivity (Wildman–Crippen MR) is 112 cm³/mol. The summed E-state index contributed by atoms with van der Waals surface area (Å²) in [4.78, 5) is 32.8. The van der Waals surface area contributed by atoms with E-state index in [0.717, 1.165) is 42.2 Å². The number of piperazine rings is 1. The van der Waals surface area contributed by atoms with Gasteiger partial charge < -0.3 is 15.0 Å². The Kier molecular flexibility index (Phi) is 6.64. The van der Waals surface area contributed by atoms with Crippen LogP contribution >= 0.6 is 15.9 Å². The Morgan fingerprint density at radius 3 is 2.39 bits per heavy atom. The van der Waals surface area contributed by atoms with Gasteiger partial charge in [0.1, 0.15) is 5.82 Å². The molecule has 8 heteroatoms. The summed E-state index contributed by atoms with van der Waals surface area (Å²) < 4.78 is 5.74. The molecule has 1 aromatic heterocycles. The number of rotatable bonds is 5. The van der Waals surface area contributed by atoms with E-state index in [-0.39, 0.29) is 11.9 Å². The maximum atomic E-state index is 12.3. The van der Waals surface area contributed by atoms with Crippen molar-refractivity contribution >= 4 is 39.3 Å². The number of benzene rings is 1. The van der Waals surface area contributed by atoms with Gasteiger partial charge in [-0.2, -0.15) is 0 Å². The van der Waals surface area contributed by atoms with Gasteiger partial charge in [-0.15, -0.1) is 0 Å². The van der Waals surface area contributed by atoms with Crippen molar-refractivity contribution in [3.63, 3.8) is 0 Å². The quantitative estimate of drug-likeness (QED) is 0.711. The van der Waals surface area contributed by atoms with E-state index in [0.29, 0.717) is 17.8 Å². The lowest BCUT2D eigenvalue weighted by molar-refractivity contribution is -0.117. The highest BCUT2D eigenvalue weighted by molar-refractivity contribution is 9.10. The number of carbonyl (C=O) groups is 2. The molecule has 0 saturated carbocycles. The third-order valence-corrected chi connectivity index (χ3v) is 5.20. The zero-order valence-corrected chi connectivity index (χ0v) is 17.5. The van der Waals surface area contributed by atoms with Crippen LogP contribution in [-0.4, -0.2) is 61.6 Å². The number of halogens is 1. The number of pyridine rings is 1. The normalized spacial score (nSPS) is 14.6. The van der Waals surface area contributed by atoms with E-state index in [4.69, 9.17) is 4.74 Å². The number of methoxy groups -OCH3 is 1. The number of anilines is 2. The summed E-state index contributed by atoms with van der Waals surface area (Å²) in [6.45, 7) is 5.25. The van der Waals surface area contributed by atoms with Crippen LogP contribution in [0.15, 0.2) is 40.9 Å². The van der Waals surface area contributed by atoms with Gasteiger partial charge in [-0.25, -0.2) is 9.78 Å². The second kappa shape index (κ2) is 9.16. The molecule has 1 aliphatic rings. The molecule has 0 bridgehead atoms. The lowest BCUT2D eigenvalue weighted by Crippen LogP contribution is -2.49. The molecule has 1 amide bonds. The van der Waals surface area contributed by atoms with Crippen LogP contribution < -0.4 is 10.2 Å². The number of carbonyl (C=O) groups excluding carboxylic acids is 2. The maximum Gasteiger partial charge on any atom is 0.339 e. The first kappa shape index (κ1) is 20.3. The highest BCUT2D eigenvalue weighted by Crippen LogP contribution is 2.18. The Balaban J connectivity index is 1.51. The Labute approximate surface area is 172 Å². The number of aromatic nitrogens is 1. The van der Waals surface area contributed by atoms with E-state index >= 15 is 0 Å².